The molecule has 0 unspecified atom stereocenters. The van der Waals surface area contributed by atoms with Crippen LogP contribution in [0.5, 0.6) is 0 Å². The number of rotatable bonds is 5. The molecule has 2 heterocycles. The van der Waals surface area contributed by atoms with E-state index in [1.165, 1.54) is 6.33 Å². The summed E-state index contributed by atoms with van der Waals surface area (Å²) in [6, 6.07) is 2.02. The van der Waals surface area contributed by atoms with Crippen molar-refractivity contribution >= 4 is 17.5 Å². The molecule has 1 amide bonds. The van der Waals surface area contributed by atoms with Crippen molar-refractivity contribution in [2.75, 3.05) is 24.3 Å². The second-order valence-corrected chi connectivity index (χ2v) is 6.07. The van der Waals surface area contributed by atoms with Gasteiger partial charge in [-0.25, -0.2) is 9.97 Å². The van der Waals surface area contributed by atoms with Crippen LogP contribution in [-0.2, 0) is 11.2 Å². The van der Waals surface area contributed by atoms with Crippen LogP contribution in [0.1, 0.15) is 36.8 Å². The highest BCUT2D eigenvalue weighted by Crippen LogP contribution is 2.18. The van der Waals surface area contributed by atoms with E-state index in [1.54, 1.807) is 6.07 Å². The molecule has 0 radical (unpaired) electrons. The Kier molecular flexibility index (Phi) is 4.98. The third-order valence-corrected chi connectivity index (χ3v) is 3.68. The minimum Gasteiger partial charge on any atom is -0.363 e. The van der Waals surface area contributed by atoms with Crippen LogP contribution in [0.25, 0.3) is 0 Å². The Labute approximate surface area is 136 Å². The summed E-state index contributed by atoms with van der Waals surface area (Å²) >= 11 is 0. The second-order valence-electron chi connectivity index (χ2n) is 6.07. The smallest absolute Gasteiger partial charge is 0.230 e. The third-order valence-electron chi connectivity index (χ3n) is 3.68. The molecule has 0 aliphatic carbocycles. The second kappa shape index (κ2) is 6.76. The standard InChI is InChI=1S/C16H24N6O/c1-10(2)22-12(4)13(11(3)20-22)7-16(23)19-14-8-15(21(5)6)18-9-17-14/h8-10H,7H2,1-6H3,(H,17,18,19,23). The van der Waals surface area contributed by atoms with Gasteiger partial charge in [-0.3, -0.25) is 9.48 Å². The minimum atomic E-state index is -0.108. The van der Waals surface area contributed by atoms with Crippen molar-refractivity contribution in [3.8, 4) is 0 Å². The Morgan fingerprint density at radius 3 is 2.57 bits per heavy atom. The first-order valence-corrected chi connectivity index (χ1v) is 7.63. The molecule has 7 nitrogen and oxygen atoms in total. The summed E-state index contributed by atoms with van der Waals surface area (Å²) in [4.78, 5) is 22.4. The van der Waals surface area contributed by atoms with Crippen molar-refractivity contribution in [3.63, 3.8) is 0 Å². The molecule has 2 aromatic heterocycles. The van der Waals surface area contributed by atoms with E-state index in [4.69, 9.17) is 0 Å². The van der Waals surface area contributed by atoms with Crippen molar-refractivity contribution in [3.05, 3.63) is 29.3 Å². The van der Waals surface area contributed by atoms with Crippen LogP contribution in [0.4, 0.5) is 11.6 Å². The van der Waals surface area contributed by atoms with Crippen molar-refractivity contribution in [1.29, 1.82) is 0 Å². The lowest BCUT2D eigenvalue weighted by Crippen LogP contribution is -2.17. The molecule has 0 saturated carbocycles. The molecule has 0 fully saturated rings. The van der Waals surface area contributed by atoms with Gasteiger partial charge in [-0.2, -0.15) is 5.10 Å². The first-order chi connectivity index (χ1) is 10.8. The summed E-state index contributed by atoms with van der Waals surface area (Å²) in [5.74, 6) is 1.14. The Morgan fingerprint density at radius 2 is 2.00 bits per heavy atom. The number of hydrogen-bond donors (Lipinski definition) is 1. The Bertz CT molecular complexity index is 705. The molecule has 23 heavy (non-hydrogen) atoms. The average molecular weight is 316 g/mol. The maximum Gasteiger partial charge on any atom is 0.230 e. The molecule has 2 aromatic rings. The van der Waals surface area contributed by atoms with Crippen molar-refractivity contribution < 1.29 is 4.79 Å². The van der Waals surface area contributed by atoms with E-state index in [1.807, 2.05) is 37.5 Å². The van der Waals surface area contributed by atoms with Gasteiger partial charge in [-0.15, -0.1) is 0 Å². The van der Waals surface area contributed by atoms with E-state index in [0.717, 1.165) is 22.8 Å². The lowest BCUT2D eigenvalue weighted by atomic mass is 10.1. The van der Waals surface area contributed by atoms with E-state index < -0.39 is 0 Å². The first kappa shape index (κ1) is 16.9. The summed E-state index contributed by atoms with van der Waals surface area (Å²) in [5.41, 5.74) is 2.89. The Hall–Kier alpha value is -2.44. The molecule has 2 rings (SSSR count). The molecule has 1 N–H and O–H groups in total. The molecule has 0 bridgehead atoms. The fourth-order valence-corrected chi connectivity index (χ4v) is 2.46. The van der Waals surface area contributed by atoms with Crippen LogP contribution < -0.4 is 10.2 Å². The highest BCUT2D eigenvalue weighted by Gasteiger charge is 2.16. The highest BCUT2D eigenvalue weighted by molar-refractivity contribution is 5.91. The van der Waals surface area contributed by atoms with Crippen LogP contribution in [0.2, 0.25) is 0 Å². The molecule has 0 aliphatic rings. The first-order valence-electron chi connectivity index (χ1n) is 7.63. The number of nitrogens with one attached hydrogen (secondary N) is 1. The molecular formula is C16H24N6O. The maximum absolute atomic E-state index is 12.3. The highest BCUT2D eigenvalue weighted by atomic mass is 16.1. The van der Waals surface area contributed by atoms with Crippen LogP contribution in [0.3, 0.4) is 0 Å². The average Bonchev–Trinajstić information content (AvgIpc) is 2.75. The van der Waals surface area contributed by atoms with Crippen LogP contribution in [-0.4, -0.2) is 39.8 Å². The zero-order valence-corrected chi connectivity index (χ0v) is 14.6. The van der Waals surface area contributed by atoms with E-state index in [0.29, 0.717) is 5.82 Å². The number of anilines is 2. The molecule has 0 aromatic carbocycles. The van der Waals surface area contributed by atoms with Gasteiger partial charge in [0.15, 0.2) is 0 Å². The number of hydrogen-bond acceptors (Lipinski definition) is 5. The van der Waals surface area contributed by atoms with Gasteiger partial charge in [0.2, 0.25) is 5.91 Å². The summed E-state index contributed by atoms with van der Waals surface area (Å²) < 4.78 is 1.95. The van der Waals surface area contributed by atoms with Gasteiger partial charge in [-0.05, 0) is 27.7 Å². The number of carbonyl (C=O) groups is 1. The summed E-state index contributed by atoms with van der Waals surface area (Å²) in [6.45, 7) is 8.08. The van der Waals surface area contributed by atoms with Gasteiger partial charge in [0, 0.05) is 37.5 Å². The number of nitrogens with zero attached hydrogens (tertiary/aromatic N) is 5. The van der Waals surface area contributed by atoms with Gasteiger partial charge >= 0.3 is 0 Å². The van der Waals surface area contributed by atoms with E-state index in [2.05, 4.69) is 34.2 Å². The summed E-state index contributed by atoms with van der Waals surface area (Å²) in [7, 11) is 3.78. The summed E-state index contributed by atoms with van der Waals surface area (Å²) in [6.07, 6.45) is 1.73. The number of carbonyl (C=O) groups excluding carboxylic acids is 1. The molecule has 0 spiro atoms. The van der Waals surface area contributed by atoms with Crippen LogP contribution in [0.15, 0.2) is 12.4 Å². The summed E-state index contributed by atoms with van der Waals surface area (Å²) in [5, 5.41) is 7.34. The maximum atomic E-state index is 12.3. The zero-order valence-electron chi connectivity index (χ0n) is 14.6. The van der Waals surface area contributed by atoms with Crippen molar-refractivity contribution in [2.45, 2.75) is 40.2 Å². The molecule has 0 aliphatic heterocycles. The van der Waals surface area contributed by atoms with E-state index in [-0.39, 0.29) is 18.4 Å². The predicted octanol–water partition coefficient (Wildman–Crippen LogP) is 2.12. The number of aromatic nitrogens is 4. The van der Waals surface area contributed by atoms with Crippen LogP contribution >= 0.6 is 0 Å². The normalized spacial score (nSPS) is 10.9. The fraction of sp³-hybridized carbons (Fsp3) is 0.500. The number of amides is 1. The van der Waals surface area contributed by atoms with Gasteiger partial charge in [-0.1, -0.05) is 0 Å². The lowest BCUT2D eigenvalue weighted by Gasteiger charge is -2.12. The van der Waals surface area contributed by atoms with E-state index in [9.17, 15) is 4.79 Å². The topological polar surface area (TPSA) is 75.9 Å². The molecule has 0 atom stereocenters. The quantitative estimate of drug-likeness (QED) is 0.914. The Morgan fingerprint density at radius 1 is 1.30 bits per heavy atom. The third kappa shape index (κ3) is 3.85. The largest absolute Gasteiger partial charge is 0.363 e. The van der Waals surface area contributed by atoms with Crippen molar-refractivity contribution in [2.24, 2.45) is 0 Å². The zero-order chi connectivity index (χ0) is 17.1. The van der Waals surface area contributed by atoms with Crippen molar-refractivity contribution in [1.82, 2.24) is 19.7 Å². The monoisotopic (exact) mass is 316 g/mol. The Balaban J connectivity index is 2.13. The molecular weight excluding hydrogens is 292 g/mol. The number of aryl methyl sites for hydroxylation is 1. The van der Waals surface area contributed by atoms with Gasteiger partial charge in [0.25, 0.3) is 0 Å². The fourth-order valence-electron chi connectivity index (χ4n) is 2.46. The van der Waals surface area contributed by atoms with Gasteiger partial charge in [0.05, 0.1) is 12.1 Å². The molecule has 0 saturated heterocycles. The molecule has 7 heteroatoms. The van der Waals surface area contributed by atoms with Gasteiger partial charge < -0.3 is 10.2 Å². The molecule has 124 valence electrons. The minimum absolute atomic E-state index is 0.108. The lowest BCUT2D eigenvalue weighted by molar-refractivity contribution is -0.115. The van der Waals surface area contributed by atoms with Gasteiger partial charge in [0.1, 0.15) is 18.0 Å². The SMILES string of the molecule is Cc1nn(C(C)C)c(C)c1CC(=O)Nc1cc(N(C)C)ncn1. The predicted molar refractivity (Wildman–Crippen MR) is 90.8 cm³/mol. The van der Waals surface area contributed by atoms with Crippen LogP contribution in [0, 0.1) is 13.8 Å². The van der Waals surface area contributed by atoms with E-state index >= 15 is 0 Å².